The van der Waals surface area contributed by atoms with E-state index >= 15 is 0 Å². The third-order valence-electron chi connectivity index (χ3n) is 2.72. The van der Waals surface area contributed by atoms with Crippen molar-refractivity contribution < 1.29 is 18.1 Å². The van der Waals surface area contributed by atoms with E-state index in [1.165, 1.54) is 0 Å². The monoisotopic (exact) mass is 307 g/mol. The molecule has 0 aliphatic carbocycles. The van der Waals surface area contributed by atoms with Crippen LogP contribution in [-0.2, 0) is 14.8 Å². The minimum atomic E-state index is -3.77. The van der Waals surface area contributed by atoms with Gasteiger partial charge in [-0.2, -0.15) is 0 Å². The SMILES string of the molecule is Nc1sc(S(=O)(=O)NC2CCOCC2)cc1[N+](=O)[O-]. The summed E-state index contributed by atoms with van der Waals surface area (Å²) in [6, 6.07) is 0.780. The molecule has 0 saturated carbocycles. The van der Waals surface area contributed by atoms with E-state index in [2.05, 4.69) is 4.72 Å². The molecule has 1 aromatic rings. The van der Waals surface area contributed by atoms with Gasteiger partial charge < -0.3 is 10.5 Å². The van der Waals surface area contributed by atoms with Gasteiger partial charge in [0, 0.05) is 25.3 Å². The van der Waals surface area contributed by atoms with Crippen LogP contribution in [0.15, 0.2) is 10.3 Å². The second-order valence-electron chi connectivity index (χ2n) is 4.08. The summed E-state index contributed by atoms with van der Waals surface area (Å²) in [6.07, 6.45) is 1.17. The minimum absolute atomic E-state index is 0.114. The summed E-state index contributed by atoms with van der Waals surface area (Å²) in [5.41, 5.74) is 5.06. The Morgan fingerprint density at radius 2 is 2.11 bits per heavy atom. The number of ether oxygens (including phenoxy) is 1. The van der Waals surface area contributed by atoms with Gasteiger partial charge in [-0.15, -0.1) is 0 Å². The number of nitrogens with two attached hydrogens (primary N) is 1. The van der Waals surface area contributed by atoms with Crippen LogP contribution < -0.4 is 10.5 Å². The van der Waals surface area contributed by atoms with Crippen molar-refractivity contribution in [3.8, 4) is 0 Å². The highest BCUT2D eigenvalue weighted by Crippen LogP contribution is 2.34. The van der Waals surface area contributed by atoms with Crippen molar-refractivity contribution in [1.29, 1.82) is 0 Å². The van der Waals surface area contributed by atoms with Gasteiger partial charge >= 0.3 is 5.69 Å². The lowest BCUT2D eigenvalue weighted by molar-refractivity contribution is -0.383. The quantitative estimate of drug-likeness (QED) is 0.623. The van der Waals surface area contributed by atoms with Gasteiger partial charge in [-0.05, 0) is 12.8 Å². The molecule has 1 aromatic heterocycles. The predicted molar refractivity (Wildman–Crippen MR) is 69.5 cm³/mol. The molecule has 106 valence electrons. The van der Waals surface area contributed by atoms with E-state index in [0.717, 1.165) is 6.07 Å². The molecule has 1 fully saturated rings. The fraction of sp³-hybridized carbons (Fsp3) is 0.556. The van der Waals surface area contributed by atoms with Crippen LogP contribution in [0.2, 0.25) is 0 Å². The van der Waals surface area contributed by atoms with Crippen LogP contribution in [-0.4, -0.2) is 32.6 Å². The highest BCUT2D eigenvalue weighted by Gasteiger charge is 2.27. The van der Waals surface area contributed by atoms with Crippen molar-refractivity contribution in [2.75, 3.05) is 18.9 Å². The summed E-state index contributed by atoms with van der Waals surface area (Å²) >= 11 is 0.693. The van der Waals surface area contributed by atoms with Gasteiger partial charge in [0.1, 0.15) is 4.21 Å². The molecule has 1 aliphatic heterocycles. The zero-order chi connectivity index (χ0) is 14.0. The lowest BCUT2D eigenvalue weighted by atomic mass is 10.1. The second kappa shape index (κ2) is 5.41. The van der Waals surface area contributed by atoms with Crippen LogP contribution >= 0.6 is 11.3 Å². The van der Waals surface area contributed by atoms with Gasteiger partial charge in [-0.1, -0.05) is 11.3 Å². The molecule has 0 amide bonds. The topological polar surface area (TPSA) is 125 Å². The molecule has 0 bridgehead atoms. The number of nitrogen functional groups attached to an aromatic ring is 1. The Morgan fingerprint density at radius 1 is 1.47 bits per heavy atom. The van der Waals surface area contributed by atoms with Crippen molar-refractivity contribution in [3.63, 3.8) is 0 Å². The summed E-state index contributed by atoms with van der Waals surface area (Å²) in [5, 5.41) is 10.5. The zero-order valence-electron chi connectivity index (χ0n) is 9.87. The summed E-state index contributed by atoms with van der Waals surface area (Å²) in [4.78, 5) is 9.96. The maximum Gasteiger partial charge on any atom is 0.304 e. The number of rotatable bonds is 4. The molecule has 2 rings (SSSR count). The zero-order valence-corrected chi connectivity index (χ0v) is 11.5. The van der Waals surface area contributed by atoms with Crippen LogP contribution in [0.5, 0.6) is 0 Å². The lowest BCUT2D eigenvalue weighted by Crippen LogP contribution is -2.38. The van der Waals surface area contributed by atoms with Crippen LogP contribution in [0.4, 0.5) is 10.7 Å². The van der Waals surface area contributed by atoms with E-state index in [1.54, 1.807) is 0 Å². The number of sulfonamides is 1. The Balaban J connectivity index is 2.19. The van der Waals surface area contributed by atoms with Crippen molar-refractivity contribution >= 4 is 32.0 Å². The molecule has 8 nitrogen and oxygen atoms in total. The summed E-state index contributed by atoms with van der Waals surface area (Å²) in [5.74, 6) is 0. The fourth-order valence-electron chi connectivity index (χ4n) is 1.74. The van der Waals surface area contributed by atoms with Gasteiger partial charge in [0.05, 0.1) is 4.92 Å². The molecule has 1 aliphatic rings. The Labute approximate surface area is 113 Å². The molecule has 0 radical (unpaired) electrons. The van der Waals surface area contributed by atoms with E-state index in [4.69, 9.17) is 10.5 Å². The van der Waals surface area contributed by atoms with Crippen molar-refractivity contribution in [2.24, 2.45) is 0 Å². The standard InChI is InChI=1S/C9H13N3O5S2/c10-9-7(12(13)14)5-8(18-9)19(15,16)11-6-1-3-17-4-2-6/h5-6,11H,1-4,10H2. The molecule has 1 saturated heterocycles. The number of hydrogen-bond acceptors (Lipinski definition) is 7. The first-order valence-corrected chi connectivity index (χ1v) is 7.84. The number of nitrogens with zero attached hydrogens (tertiary/aromatic N) is 1. The molecule has 2 heterocycles. The Bertz CT molecular complexity index is 577. The largest absolute Gasteiger partial charge is 0.385 e. The van der Waals surface area contributed by atoms with E-state index in [1.807, 2.05) is 0 Å². The molecule has 0 atom stereocenters. The molecular weight excluding hydrogens is 294 g/mol. The minimum Gasteiger partial charge on any atom is -0.385 e. The first-order valence-electron chi connectivity index (χ1n) is 5.54. The van der Waals surface area contributed by atoms with E-state index in [0.29, 0.717) is 37.4 Å². The lowest BCUT2D eigenvalue weighted by Gasteiger charge is -2.22. The Morgan fingerprint density at radius 3 is 2.63 bits per heavy atom. The van der Waals surface area contributed by atoms with Crippen molar-refractivity contribution in [3.05, 3.63) is 16.2 Å². The van der Waals surface area contributed by atoms with Crippen LogP contribution in [0.1, 0.15) is 12.8 Å². The molecule has 10 heteroatoms. The van der Waals surface area contributed by atoms with Crippen LogP contribution in [0.25, 0.3) is 0 Å². The van der Waals surface area contributed by atoms with E-state index < -0.39 is 14.9 Å². The molecule has 0 spiro atoms. The van der Waals surface area contributed by atoms with Gasteiger partial charge in [0.15, 0.2) is 5.00 Å². The smallest absolute Gasteiger partial charge is 0.304 e. The first-order chi connectivity index (χ1) is 8.90. The summed E-state index contributed by atoms with van der Waals surface area (Å²) in [6.45, 7) is 1.000. The average molecular weight is 307 g/mol. The van der Waals surface area contributed by atoms with Gasteiger partial charge in [-0.25, -0.2) is 13.1 Å². The van der Waals surface area contributed by atoms with Crippen molar-refractivity contribution in [1.82, 2.24) is 4.72 Å². The molecular formula is C9H13N3O5S2. The third-order valence-corrected chi connectivity index (χ3v) is 5.67. The second-order valence-corrected chi connectivity index (χ2v) is 7.10. The van der Waals surface area contributed by atoms with E-state index in [-0.39, 0.29) is 20.9 Å². The highest BCUT2D eigenvalue weighted by atomic mass is 32.2. The summed E-state index contributed by atoms with van der Waals surface area (Å²) < 4.78 is 31.7. The maximum atomic E-state index is 12.1. The number of thiophene rings is 1. The fourth-order valence-corrected chi connectivity index (χ4v) is 4.28. The number of hydrogen-bond donors (Lipinski definition) is 2. The van der Waals surface area contributed by atoms with Gasteiger partial charge in [-0.3, -0.25) is 10.1 Å². The number of anilines is 1. The highest BCUT2D eigenvalue weighted by molar-refractivity contribution is 7.91. The predicted octanol–water partition coefficient (Wildman–Crippen LogP) is 0.696. The molecule has 0 unspecified atom stereocenters. The summed E-state index contributed by atoms with van der Waals surface area (Å²) in [7, 11) is -3.77. The average Bonchev–Trinajstić information content (AvgIpc) is 2.73. The third kappa shape index (κ3) is 3.21. The first kappa shape index (κ1) is 14.2. The molecule has 3 N–H and O–H groups in total. The number of nitro groups is 1. The maximum absolute atomic E-state index is 12.1. The van der Waals surface area contributed by atoms with Crippen molar-refractivity contribution in [2.45, 2.75) is 23.1 Å². The molecule has 19 heavy (non-hydrogen) atoms. The Hall–Kier alpha value is -1.23. The van der Waals surface area contributed by atoms with Gasteiger partial charge in [0.2, 0.25) is 0 Å². The normalized spacial score (nSPS) is 17.5. The van der Waals surface area contributed by atoms with Crippen LogP contribution in [0.3, 0.4) is 0 Å². The van der Waals surface area contributed by atoms with Gasteiger partial charge in [0.25, 0.3) is 10.0 Å². The number of nitrogens with one attached hydrogen (secondary N) is 1. The Kier molecular flexibility index (Phi) is 4.04. The van der Waals surface area contributed by atoms with E-state index in [9.17, 15) is 18.5 Å². The van der Waals surface area contributed by atoms with Crippen LogP contribution in [0, 0.1) is 10.1 Å². The molecule has 0 aromatic carbocycles.